The van der Waals surface area contributed by atoms with E-state index >= 15 is 0 Å². The molecule has 4 rings (SSSR count). The molecular weight excluding hydrogens is 458 g/mol. The van der Waals surface area contributed by atoms with E-state index in [1.807, 2.05) is 32.9 Å². The van der Waals surface area contributed by atoms with Crippen LogP contribution in [-0.4, -0.2) is 28.6 Å². The van der Waals surface area contributed by atoms with Crippen LogP contribution < -0.4 is 22.1 Å². The monoisotopic (exact) mass is 491 g/mol. The number of rotatable bonds is 10. The summed E-state index contributed by atoms with van der Waals surface area (Å²) in [5.74, 6) is -0.115. The van der Waals surface area contributed by atoms with E-state index in [9.17, 15) is 14.4 Å². The number of nitrogens with zero attached hydrogens (tertiary/aromatic N) is 2. The van der Waals surface area contributed by atoms with E-state index in [-0.39, 0.29) is 12.1 Å². The highest BCUT2D eigenvalue weighted by atomic mass is 16.5. The number of amides is 2. The molecule has 1 heterocycles. The topological polar surface area (TPSA) is 132 Å². The van der Waals surface area contributed by atoms with Crippen LogP contribution in [0.4, 0.5) is 0 Å². The Kier molecular flexibility index (Phi) is 7.40. The molecule has 2 amide bonds. The lowest BCUT2D eigenvalue weighted by molar-refractivity contribution is -0.110. The standard InChI is InChI=1S/C27H33N5O4/c1-17(2)32-25(31-26(35)36-32)27(12-18(3)28)23-8-4-19(13-29-15-33)10-21(23)6-7-22-11-20(14-30-16-34)5-9-24(22)27/h4-5,8-11,15-18H,6-7,12-14,28H2,1-3H3,(H,29,33)(H,30,34)/t18-/m1/s1. The van der Waals surface area contributed by atoms with Crippen molar-refractivity contribution < 1.29 is 14.1 Å². The van der Waals surface area contributed by atoms with Crippen LogP contribution in [0.25, 0.3) is 0 Å². The molecular formula is C27H33N5O4. The minimum absolute atomic E-state index is 0.137. The summed E-state index contributed by atoms with van der Waals surface area (Å²) in [7, 11) is 0. The first-order chi connectivity index (χ1) is 17.3. The molecule has 9 nitrogen and oxygen atoms in total. The predicted molar refractivity (Wildman–Crippen MR) is 135 cm³/mol. The number of hydrogen-bond donors (Lipinski definition) is 3. The van der Waals surface area contributed by atoms with Gasteiger partial charge in [0.15, 0.2) is 5.82 Å². The summed E-state index contributed by atoms with van der Waals surface area (Å²) < 4.78 is 7.18. The Bertz CT molecular complexity index is 1240. The summed E-state index contributed by atoms with van der Waals surface area (Å²) in [5.41, 5.74) is 11.9. The molecule has 1 atom stereocenters. The summed E-state index contributed by atoms with van der Waals surface area (Å²) in [6.45, 7) is 6.70. The molecule has 190 valence electrons. The van der Waals surface area contributed by atoms with Crippen LogP contribution in [0.3, 0.4) is 0 Å². The van der Waals surface area contributed by atoms with E-state index in [4.69, 9.17) is 10.3 Å². The Morgan fingerprint density at radius 3 is 1.97 bits per heavy atom. The van der Waals surface area contributed by atoms with Gasteiger partial charge in [0.2, 0.25) is 12.8 Å². The molecule has 0 radical (unpaired) electrons. The third-order valence-electron chi connectivity index (χ3n) is 6.76. The van der Waals surface area contributed by atoms with E-state index < -0.39 is 11.2 Å². The lowest BCUT2D eigenvalue weighted by atomic mass is 9.67. The van der Waals surface area contributed by atoms with Crippen molar-refractivity contribution in [3.05, 3.63) is 86.2 Å². The third-order valence-corrected chi connectivity index (χ3v) is 6.76. The Balaban J connectivity index is 2.05. The largest absolute Gasteiger partial charge is 0.459 e. The first-order valence-electron chi connectivity index (χ1n) is 12.2. The van der Waals surface area contributed by atoms with Gasteiger partial charge >= 0.3 is 5.76 Å². The van der Waals surface area contributed by atoms with Gasteiger partial charge in [-0.15, -0.1) is 0 Å². The van der Waals surface area contributed by atoms with Crippen LogP contribution in [0.15, 0.2) is 45.7 Å². The zero-order valence-corrected chi connectivity index (χ0v) is 20.9. The molecule has 0 aliphatic heterocycles. The van der Waals surface area contributed by atoms with Crippen molar-refractivity contribution >= 4 is 12.8 Å². The molecule has 0 unspecified atom stereocenters. The maximum atomic E-state index is 12.5. The van der Waals surface area contributed by atoms with Crippen LogP contribution in [0.2, 0.25) is 0 Å². The van der Waals surface area contributed by atoms with Crippen LogP contribution in [0.5, 0.6) is 0 Å². The highest BCUT2D eigenvalue weighted by molar-refractivity contribution is 5.57. The number of aryl methyl sites for hydroxylation is 2. The molecule has 0 spiro atoms. The number of nitrogens with one attached hydrogen (secondary N) is 2. The van der Waals surface area contributed by atoms with Crippen LogP contribution in [-0.2, 0) is 40.9 Å². The van der Waals surface area contributed by atoms with E-state index in [1.54, 1.807) is 4.74 Å². The average molecular weight is 492 g/mol. The summed E-state index contributed by atoms with van der Waals surface area (Å²) >= 11 is 0. The zero-order valence-electron chi connectivity index (χ0n) is 20.9. The minimum atomic E-state index is -0.834. The van der Waals surface area contributed by atoms with Crippen molar-refractivity contribution in [3.63, 3.8) is 0 Å². The second kappa shape index (κ2) is 10.5. The SMILES string of the molecule is CC(C)n1oc(=O)nc1C1(C[C@@H](C)N)c2ccc(CNC=O)cc2CCc2cc(CNC=O)ccc21. The summed E-state index contributed by atoms with van der Waals surface area (Å²) in [6, 6.07) is 12.0. The average Bonchev–Trinajstić information content (AvgIpc) is 3.20. The van der Waals surface area contributed by atoms with Gasteiger partial charge < -0.3 is 20.9 Å². The second-order valence-corrected chi connectivity index (χ2v) is 9.78. The summed E-state index contributed by atoms with van der Waals surface area (Å²) in [6.07, 6.45) is 3.39. The van der Waals surface area contributed by atoms with Crippen molar-refractivity contribution in [1.82, 2.24) is 20.4 Å². The van der Waals surface area contributed by atoms with Crippen molar-refractivity contribution in [3.8, 4) is 0 Å². The van der Waals surface area contributed by atoms with Crippen LogP contribution >= 0.6 is 0 Å². The molecule has 2 aromatic carbocycles. The number of carbonyl (C=O) groups is 2. The maximum absolute atomic E-state index is 12.5. The Morgan fingerprint density at radius 2 is 1.53 bits per heavy atom. The lowest BCUT2D eigenvalue weighted by Crippen LogP contribution is -2.40. The van der Waals surface area contributed by atoms with E-state index in [2.05, 4.69) is 39.9 Å². The second-order valence-electron chi connectivity index (χ2n) is 9.78. The van der Waals surface area contributed by atoms with Crippen molar-refractivity contribution in [2.75, 3.05) is 0 Å². The fraction of sp³-hybridized carbons (Fsp3) is 0.407. The number of fused-ring (bicyclic) bond motifs is 2. The van der Waals surface area contributed by atoms with Gasteiger partial charge in [-0.2, -0.15) is 9.72 Å². The number of benzene rings is 2. The molecule has 0 fully saturated rings. The maximum Gasteiger partial charge on any atom is 0.459 e. The molecule has 0 saturated heterocycles. The molecule has 1 aromatic heterocycles. The molecule has 4 N–H and O–H groups in total. The number of aromatic nitrogens is 2. The van der Waals surface area contributed by atoms with E-state index in [0.29, 0.717) is 38.2 Å². The van der Waals surface area contributed by atoms with Gasteiger partial charge in [-0.25, -0.2) is 4.79 Å². The fourth-order valence-electron chi connectivity index (χ4n) is 5.45. The molecule has 0 bridgehead atoms. The van der Waals surface area contributed by atoms with Gasteiger partial charge in [-0.05, 0) is 73.4 Å². The summed E-state index contributed by atoms with van der Waals surface area (Å²) in [4.78, 5) is 38.7. The molecule has 36 heavy (non-hydrogen) atoms. The van der Waals surface area contributed by atoms with Crippen molar-refractivity contribution in [2.24, 2.45) is 5.73 Å². The van der Waals surface area contributed by atoms with Crippen LogP contribution in [0, 0.1) is 0 Å². The van der Waals surface area contributed by atoms with Gasteiger partial charge in [0.25, 0.3) is 0 Å². The van der Waals surface area contributed by atoms with Gasteiger partial charge in [0.05, 0.1) is 11.5 Å². The zero-order chi connectivity index (χ0) is 25.9. The van der Waals surface area contributed by atoms with Gasteiger partial charge in [0.1, 0.15) is 0 Å². The Labute approximate surface area is 210 Å². The fourth-order valence-corrected chi connectivity index (χ4v) is 5.45. The Hall–Kier alpha value is -3.72. The highest BCUT2D eigenvalue weighted by Crippen LogP contribution is 2.47. The van der Waals surface area contributed by atoms with Gasteiger partial charge in [-0.3, -0.25) is 9.59 Å². The predicted octanol–water partition coefficient (Wildman–Crippen LogP) is 2.08. The highest BCUT2D eigenvalue weighted by Gasteiger charge is 2.46. The lowest BCUT2D eigenvalue weighted by Gasteiger charge is -2.37. The quantitative estimate of drug-likeness (QED) is 0.372. The smallest absolute Gasteiger partial charge is 0.355 e. The normalized spacial score (nSPS) is 14.9. The molecule has 0 saturated carbocycles. The van der Waals surface area contributed by atoms with Gasteiger partial charge in [0, 0.05) is 19.1 Å². The number of nitrogens with two attached hydrogens (primary N) is 1. The Morgan fingerprint density at radius 1 is 1.00 bits per heavy atom. The van der Waals surface area contributed by atoms with Crippen LogP contribution in [0.1, 0.15) is 72.4 Å². The molecule has 3 aromatic rings. The minimum Gasteiger partial charge on any atom is -0.355 e. The van der Waals surface area contributed by atoms with E-state index in [0.717, 1.165) is 46.2 Å². The van der Waals surface area contributed by atoms with Crippen molar-refractivity contribution in [2.45, 2.75) is 70.6 Å². The summed E-state index contributed by atoms with van der Waals surface area (Å²) in [5, 5.41) is 5.47. The van der Waals surface area contributed by atoms with Gasteiger partial charge in [-0.1, -0.05) is 36.4 Å². The third kappa shape index (κ3) is 4.70. The van der Waals surface area contributed by atoms with E-state index in [1.165, 1.54) is 0 Å². The first kappa shape index (κ1) is 25.4. The number of carbonyl (C=O) groups excluding carboxylic acids is 2. The molecule has 9 heteroatoms. The molecule has 1 aliphatic rings. The first-order valence-corrected chi connectivity index (χ1v) is 12.2. The number of hydrogen-bond acceptors (Lipinski definition) is 6. The molecule has 1 aliphatic carbocycles. The van der Waals surface area contributed by atoms with Crippen molar-refractivity contribution in [1.29, 1.82) is 0 Å².